The molecule has 8 rings (SSSR count). The van der Waals surface area contributed by atoms with Crippen LogP contribution in [0.4, 0.5) is 19.3 Å². The number of methoxy groups -OCH3 is 1. The number of aromatic nitrogens is 6. The standard InChI is InChI=1S/C34H31F2N9O3/c1-48-33(47)44-23-10-9-19-3-2-4-21-11-27(45(28(19)21)32(23)46)31-40-15-25(43-31)18-5-7-20(8-6-18)29-37-13-22(14-38-29)26-16-39-30(42-26)24-12-34(35,36)17-41-24/h2-8,13-16,23-24,27,41H,9-12,17H2,1H3,(H,39,42)(H,40,43)(H,44,47). The van der Waals surface area contributed by atoms with Gasteiger partial charge in [-0.05, 0) is 29.5 Å². The van der Waals surface area contributed by atoms with E-state index in [-0.39, 0.29) is 24.9 Å². The van der Waals surface area contributed by atoms with Gasteiger partial charge in [-0.3, -0.25) is 9.69 Å². The molecule has 1 fully saturated rings. The van der Waals surface area contributed by atoms with Crippen molar-refractivity contribution in [2.45, 2.75) is 49.7 Å². The highest BCUT2D eigenvalue weighted by Gasteiger charge is 2.43. The van der Waals surface area contributed by atoms with Crippen LogP contribution in [0.5, 0.6) is 0 Å². The molecule has 4 N–H and O–H groups in total. The average molecular weight is 652 g/mol. The van der Waals surface area contributed by atoms with Gasteiger partial charge in [0.1, 0.15) is 17.7 Å². The van der Waals surface area contributed by atoms with Crippen LogP contribution >= 0.6 is 0 Å². The molecule has 0 aliphatic carbocycles. The smallest absolute Gasteiger partial charge is 0.407 e. The quantitative estimate of drug-likeness (QED) is 0.202. The molecule has 1 saturated heterocycles. The molecule has 6 heterocycles. The third-order valence-corrected chi connectivity index (χ3v) is 9.25. The number of halogens is 2. The highest BCUT2D eigenvalue weighted by atomic mass is 19.3. The maximum Gasteiger partial charge on any atom is 0.407 e. The summed E-state index contributed by atoms with van der Waals surface area (Å²) < 4.78 is 32.0. The van der Waals surface area contributed by atoms with Crippen molar-refractivity contribution >= 4 is 17.7 Å². The summed E-state index contributed by atoms with van der Waals surface area (Å²) in [5.41, 5.74) is 6.88. The normalized spacial score (nSPS) is 21.2. The van der Waals surface area contributed by atoms with Gasteiger partial charge >= 0.3 is 6.09 Å². The molecule has 0 saturated carbocycles. The number of carbonyl (C=O) groups is 2. The monoisotopic (exact) mass is 651 g/mol. The van der Waals surface area contributed by atoms with Gasteiger partial charge in [-0.2, -0.15) is 0 Å². The van der Waals surface area contributed by atoms with E-state index in [1.54, 1.807) is 29.7 Å². The molecule has 3 aromatic heterocycles. The number of hydrogen-bond acceptors (Lipinski definition) is 8. The molecule has 2 aromatic carbocycles. The van der Waals surface area contributed by atoms with Gasteiger partial charge in [0.05, 0.1) is 55.2 Å². The second-order valence-corrected chi connectivity index (χ2v) is 12.3. The average Bonchev–Trinajstić information content (AvgIpc) is 3.90. The lowest BCUT2D eigenvalue weighted by atomic mass is 10.0. The highest BCUT2D eigenvalue weighted by Crippen LogP contribution is 2.44. The third kappa shape index (κ3) is 5.37. The van der Waals surface area contributed by atoms with Crippen molar-refractivity contribution in [1.82, 2.24) is 40.5 Å². The van der Waals surface area contributed by atoms with Gasteiger partial charge in [-0.15, -0.1) is 0 Å². The second kappa shape index (κ2) is 11.6. The Balaban J connectivity index is 0.988. The predicted octanol–water partition coefficient (Wildman–Crippen LogP) is 4.89. The van der Waals surface area contributed by atoms with E-state index in [4.69, 9.17) is 9.72 Å². The molecule has 0 spiro atoms. The summed E-state index contributed by atoms with van der Waals surface area (Å²) >= 11 is 0. The van der Waals surface area contributed by atoms with E-state index >= 15 is 0 Å². The first-order valence-electron chi connectivity index (χ1n) is 15.7. The Bertz CT molecular complexity index is 2010. The fraction of sp³-hybridized carbons (Fsp3) is 0.294. The number of nitrogens with zero attached hydrogens (tertiary/aromatic N) is 5. The molecule has 3 aliphatic heterocycles. The van der Waals surface area contributed by atoms with Crippen LogP contribution in [0, 0.1) is 0 Å². The Hall–Kier alpha value is -5.50. The lowest BCUT2D eigenvalue weighted by molar-refractivity contribution is -0.121. The van der Waals surface area contributed by atoms with E-state index in [1.165, 1.54) is 7.11 Å². The van der Waals surface area contributed by atoms with E-state index in [0.29, 0.717) is 48.0 Å². The van der Waals surface area contributed by atoms with E-state index in [9.17, 15) is 18.4 Å². The van der Waals surface area contributed by atoms with Crippen LogP contribution in [0.25, 0.3) is 33.9 Å². The number of aryl methyl sites for hydroxylation is 1. The number of nitrogens with one attached hydrogen (secondary N) is 4. The Morgan fingerprint density at radius 1 is 0.917 bits per heavy atom. The van der Waals surface area contributed by atoms with Crippen LogP contribution in [0.3, 0.4) is 0 Å². The molecule has 3 aliphatic rings. The largest absolute Gasteiger partial charge is 0.453 e. The van der Waals surface area contributed by atoms with Crippen molar-refractivity contribution in [3.8, 4) is 33.9 Å². The van der Waals surface area contributed by atoms with Crippen LogP contribution in [-0.4, -0.2) is 67.5 Å². The number of ether oxygens (including phenoxy) is 1. The number of imidazole rings is 2. The number of benzene rings is 2. The number of H-pyrrole nitrogens is 2. The minimum Gasteiger partial charge on any atom is -0.453 e. The van der Waals surface area contributed by atoms with Gasteiger partial charge < -0.3 is 25.3 Å². The zero-order valence-corrected chi connectivity index (χ0v) is 25.8. The highest BCUT2D eigenvalue weighted by molar-refractivity contribution is 6.02. The fourth-order valence-electron chi connectivity index (χ4n) is 6.82. The van der Waals surface area contributed by atoms with Crippen LogP contribution in [-0.2, 0) is 22.4 Å². The molecule has 12 nitrogen and oxygen atoms in total. The zero-order chi connectivity index (χ0) is 33.0. The summed E-state index contributed by atoms with van der Waals surface area (Å²) in [6, 6.07) is 12.2. The second-order valence-electron chi connectivity index (χ2n) is 12.3. The number of hydrogen-bond donors (Lipinski definition) is 4. The van der Waals surface area contributed by atoms with Crippen molar-refractivity contribution in [2.24, 2.45) is 0 Å². The van der Waals surface area contributed by atoms with E-state index in [2.05, 4.69) is 35.6 Å². The molecule has 14 heteroatoms. The molecule has 0 radical (unpaired) electrons. The number of anilines is 1. The van der Waals surface area contributed by atoms with Crippen molar-refractivity contribution in [2.75, 3.05) is 18.6 Å². The van der Waals surface area contributed by atoms with Crippen molar-refractivity contribution in [3.63, 3.8) is 0 Å². The number of alkyl carbamates (subject to hydrolysis) is 1. The van der Waals surface area contributed by atoms with Gasteiger partial charge in [0, 0.05) is 36.4 Å². The number of rotatable bonds is 6. The summed E-state index contributed by atoms with van der Waals surface area (Å²) in [6.07, 6.45) is 7.50. The van der Waals surface area contributed by atoms with Crippen LogP contribution < -0.4 is 15.5 Å². The topological polar surface area (TPSA) is 154 Å². The first-order valence-corrected chi connectivity index (χ1v) is 15.7. The van der Waals surface area contributed by atoms with E-state index < -0.39 is 24.1 Å². The van der Waals surface area contributed by atoms with Crippen molar-refractivity contribution in [1.29, 1.82) is 0 Å². The van der Waals surface area contributed by atoms with Crippen molar-refractivity contribution in [3.05, 3.63) is 90.0 Å². The first kappa shape index (κ1) is 29.9. The summed E-state index contributed by atoms with van der Waals surface area (Å²) in [6.45, 7) is -0.362. The van der Waals surface area contributed by atoms with Gasteiger partial charge in [0.15, 0.2) is 5.82 Å². The summed E-state index contributed by atoms with van der Waals surface area (Å²) in [5.74, 6) is -1.29. The van der Waals surface area contributed by atoms with E-state index in [0.717, 1.165) is 33.6 Å². The van der Waals surface area contributed by atoms with Crippen LogP contribution in [0.2, 0.25) is 0 Å². The number of alkyl halides is 2. The molecule has 3 unspecified atom stereocenters. The maximum absolute atomic E-state index is 13.8. The SMILES string of the molecule is COC(=O)NC1CCc2cccc3c2N(C1=O)C(c1ncc(-c2ccc(-c4ncc(-c5cnc(C6CC(F)(F)CN6)[nH]5)cn4)cc2)[nH]1)C3. The Labute approximate surface area is 273 Å². The third-order valence-electron chi connectivity index (χ3n) is 9.25. The summed E-state index contributed by atoms with van der Waals surface area (Å²) in [5, 5.41) is 5.51. The van der Waals surface area contributed by atoms with Gasteiger partial charge in [0.2, 0.25) is 5.91 Å². The summed E-state index contributed by atoms with van der Waals surface area (Å²) in [4.78, 5) is 52.2. The van der Waals surface area contributed by atoms with E-state index in [1.807, 2.05) is 42.5 Å². The first-order chi connectivity index (χ1) is 23.3. The molecule has 3 atom stereocenters. The number of carbonyl (C=O) groups excluding carboxylic acids is 2. The Morgan fingerprint density at radius 2 is 1.60 bits per heavy atom. The molecular formula is C34H31F2N9O3. The number of aromatic amines is 2. The molecule has 5 aromatic rings. The molecule has 48 heavy (non-hydrogen) atoms. The van der Waals surface area contributed by atoms with Crippen LogP contribution in [0.15, 0.2) is 67.3 Å². The lowest BCUT2D eigenvalue weighted by Gasteiger charge is -2.27. The fourth-order valence-corrected chi connectivity index (χ4v) is 6.82. The van der Waals surface area contributed by atoms with Gasteiger partial charge in [0.25, 0.3) is 5.92 Å². The number of para-hydroxylation sites is 1. The Morgan fingerprint density at radius 3 is 2.33 bits per heavy atom. The molecule has 2 amide bonds. The molecular weight excluding hydrogens is 620 g/mol. The van der Waals surface area contributed by atoms with Gasteiger partial charge in [-0.1, -0.05) is 42.5 Å². The minimum atomic E-state index is -2.74. The molecule has 244 valence electrons. The maximum atomic E-state index is 13.8. The lowest BCUT2D eigenvalue weighted by Crippen LogP contribution is -2.48. The predicted molar refractivity (Wildman–Crippen MR) is 171 cm³/mol. The van der Waals surface area contributed by atoms with Crippen LogP contribution in [0.1, 0.15) is 47.7 Å². The summed E-state index contributed by atoms with van der Waals surface area (Å²) in [7, 11) is 1.28. The minimum absolute atomic E-state index is 0.189. The van der Waals surface area contributed by atoms with Gasteiger partial charge in [-0.25, -0.2) is 33.5 Å². The Kier molecular flexibility index (Phi) is 7.24. The van der Waals surface area contributed by atoms with Crippen molar-refractivity contribution < 1.29 is 23.1 Å². The molecule has 0 bridgehead atoms. The number of amides is 2. The zero-order valence-electron chi connectivity index (χ0n) is 25.8.